The van der Waals surface area contributed by atoms with Crippen molar-refractivity contribution in [2.75, 3.05) is 5.32 Å². The fraction of sp³-hybridized carbons (Fsp3) is 0.261. The van der Waals surface area contributed by atoms with Gasteiger partial charge in [-0.1, -0.05) is 49.4 Å². The molecule has 1 saturated carbocycles. The third kappa shape index (κ3) is 4.86. The molecule has 3 atom stereocenters. The molecule has 2 aromatic carbocycles. The third-order valence-corrected chi connectivity index (χ3v) is 5.88. The molecule has 0 bridgehead atoms. The molecular weight excluding hydrogens is 398 g/mol. The number of carbonyl (C=O) groups is 2. The van der Waals surface area contributed by atoms with E-state index in [4.69, 9.17) is 4.74 Å². The molecule has 1 aliphatic carbocycles. The van der Waals surface area contributed by atoms with E-state index in [1.54, 1.807) is 23.7 Å². The van der Waals surface area contributed by atoms with Crippen LogP contribution in [0.15, 0.2) is 65.5 Å². The molecule has 4 rings (SSSR count). The fourth-order valence-corrected chi connectivity index (χ4v) is 4.00. The van der Waals surface area contributed by atoms with Crippen molar-refractivity contribution in [1.29, 1.82) is 0 Å². The van der Waals surface area contributed by atoms with Gasteiger partial charge in [-0.3, -0.25) is 9.59 Å². The van der Waals surface area contributed by atoms with Crippen LogP contribution in [-0.2, 0) is 16.2 Å². The number of hydrogen-bond donors (Lipinski definition) is 2. The van der Waals surface area contributed by atoms with Gasteiger partial charge in [0.05, 0.1) is 22.9 Å². The maximum atomic E-state index is 12.7. The first-order chi connectivity index (χ1) is 14.6. The van der Waals surface area contributed by atoms with E-state index >= 15 is 0 Å². The molecule has 0 aliphatic heterocycles. The van der Waals surface area contributed by atoms with Gasteiger partial charge in [0.1, 0.15) is 12.4 Å². The van der Waals surface area contributed by atoms with E-state index < -0.39 is 11.8 Å². The fourth-order valence-electron chi connectivity index (χ4n) is 3.46. The number of thiazole rings is 1. The highest BCUT2D eigenvalue weighted by Gasteiger charge is 2.41. The molecule has 30 heavy (non-hydrogen) atoms. The minimum atomic E-state index is -0.714. The predicted octanol–water partition coefficient (Wildman–Crippen LogP) is 4.17. The predicted molar refractivity (Wildman–Crippen MR) is 116 cm³/mol. The summed E-state index contributed by atoms with van der Waals surface area (Å²) >= 11 is 1.49. The van der Waals surface area contributed by atoms with Gasteiger partial charge in [0.25, 0.3) is 0 Å². The number of nitrogens with zero attached hydrogens (tertiary/aromatic N) is 1. The van der Waals surface area contributed by atoms with Crippen molar-refractivity contribution in [3.8, 4) is 5.75 Å². The van der Waals surface area contributed by atoms with E-state index in [0.29, 0.717) is 23.3 Å². The quantitative estimate of drug-likeness (QED) is 0.561. The second kappa shape index (κ2) is 9.09. The Hall–Kier alpha value is -3.19. The summed E-state index contributed by atoms with van der Waals surface area (Å²) in [7, 11) is 0. The molecule has 2 N–H and O–H groups in total. The summed E-state index contributed by atoms with van der Waals surface area (Å²) in [6, 6.07) is 16.7. The highest BCUT2D eigenvalue weighted by molar-refractivity contribution is 7.07. The van der Waals surface area contributed by atoms with Gasteiger partial charge in [0, 0.05) is 5.38 Å². The van der Waals surface area contributed by atoms with Crippen LogP contribution >= 0.6 is 11.3 Å². The minimum Gasteiger partial charge on any atom is -0.485 e. The van der Waals surface area contributed by atoms with Gasteiger partial charge in [-0.15, -0.1) is 11.3 Å². The van der Waals surface area contributed by atoms with Crippen molar-refractivity contribution in [2.45, 2.75) is 26.0 Å². The van der Waals surface area contributed by atoms with Crippen molar-refractivity contribution in [2.24, 2.45) is 11.8 Å². The first-order valence-corrected chi connectivity index (χ1v) is 10.8. The Kier molecular flexibility index (Phi) is 6.09. The Labute approximate surface area is 179 Å². The summed E-state index contributed by atoms with van der Waals surface area (Å²) in [5.41, 5.74) is 4.01. The van der Waals surface area contributed by atoms with Crippen LogP contribution in [0.25, 0.3) is 0 Å². The average Bonchev–Trinajstić information content (AvgIpc) is 3.25. The topological polar surface area (TPSA) is 80.3 Å². The molecule has 1 aliphatic rings. The number of aromatic nitrogens is 1. The number of para-hydroxylation sites is 2. The molecule has 7 heteroatoms. The monoisotopic (exact) mass is 421 g/mol. The molecule has 1 heterocycles. The molecule has 0 spiro atoms. The van der Waals surface area contributed by atoms with E-state index in [1.807, 2.05) is 41.8 Å². The van der Waals surface area contributed by atoms with Crippen molar-refractivity contribution < 1.29 is 14.3 Å². The summed E-state index contributed by atoms with van der Waals surface area (Å²) < 4.78 is 5.77. The number of nitrogens with one attached hydrogen (secondary N) is 2. The Morgan fingerprint density at radius 2 is 1.87 bits per heavy atom. The minimum absolute atomic E-state index is 0.171. The van der Waals surface area contributed by atoms with Crippen molar-refractivity contribution in [1.82, 2.24) is 10.3 Å². The van der Waals surface area contributed by atoms with Crippen LogP contribution in [0.1, 0.15) is 30.6 Å². The molecular formula is C23H23N3O3S. The normalized spacial score (nSPS) is 18.3. The van der Waals surface area contributed by atoms with Crippen LogP contribution in [0.3, 0.4) is 0 Å². The Bertz CT molecular complexity index is 1010. The van der Waals surface area contributed by atoms with E-state index in [2.05, 4.69) is 22.5 Å². The molecule has 3 aromatic rings. The zero-order valence-electron chi connectivity index (χ0n) is 16.6. The smallest absolute Gasteiger partial charge is 0.313 e. The van der Waals surface area contributed by atoms with Crippen LogP contribution in [0.4, 0.5) is 5.69 Å². The SMILES string of the molecule is CC1CC1C(NC(=O)C(=O)Nc1ccccc1OCc1cscn1)c1ccccc1. The van der Waals surface area contributed by atoms with Gasteiger partial charge < -0.3 is 15.4 Å². The molecule has 0 radical (unpaired) electrons. The molecule has 154 valence electrons. The molecule has 1 aromatic heterocycles. The van der Waals surface area contributed by atoms with Crippen LogP contribution in [0, 0.1) is 11.8 Å². The van der Waals surface area contributed by atoms with Crippen molar-refractivity contribution in [3.63, 3.8) is 0 Å². The van der Waals surface area contributed by atoms with E-state index in [-0.39, 0.29) is 12.6 Å². The van der Waals surface area contributed by atoms with Crippen LogP contribution < -0.4 is 15.4 Å². The van der Waals surface area contributed by atoms with Gasteiger partial charge in [-0.05, 0) is 36.0 Å². The first kappa shape index (κ1) is 20.1. The Morgan fingerprint density at radius 3 is 2.57 bits per heavy atom. The standard InChI is InChI=1S/C23H23N3O3S/c1-15-11-18(15)21(16-7-3-2-4-8-16)26-23(28)22(27)25-19-9-5-6-10-20(19)29-12-17-13-30-14-24-17/h2-10,13-15,18,21H,11-12H2,1H3,(H,25,27)(H,26,28). The second-order valence-electron chi connectivity index (χ2n) is 7.46. The van der Waals surface area contributed by atoms with E-state index in [9.17, 15) is 9.59 Å². The maximum absolute atomic E-state index is 12.7. The third-order valence-electron chi connectivity index (χ3n) is 5.25. The second-order valence-corrected chi connectivity index (χ2v) is 8.18. The zero-order chi connectivity index (χ0) is 20.9. The van der Waals surface area contributed by atoms with Gasteiger partial charge in [0.2, 0.25) is 0 Å². The number of benzene rings is 2. The van der Waals surface area contributed by atoms with Crippen LogP contribution in [0.5, 0.6) is 5.75 Å². The molecule has 3 unspecified atom stereocenters. The van der Waals surface area contributed by atoms with E-state index in [1.165, 1.54) is 11.3 Å². The lowest BCUT2D eigenvalue weighted by Gasteiger charge is -2.19. The molecule has 0 saturated heterocycles. The Morgan fingerprint density at radius 1 is 1.13 bits per heavy atom. The average molecular weight is 422 g/mol. The van der Waals surface area contributed by atoms with Crippen LogP contribution in [-0.4, -0.2) is 16.8 Å². The van der Waals surface area contributed by atoms with Gasteiger partial charge in [-0.25, -0.2) is 4.98 Å². The van der Waals surface area contributed by atoms with Gasteiger partial charge in [-0.2, -0.15) is 0 Å². The van der Waals surface area contributed by atoms with Crippen molar-refractivity contribution in [3.05, 3.63) is 76.7 Å². The van der Waals surface area contributed by atoms with Crippen LogP contribution in [0.2, 0.25) is 0 Å². The first-order valence-electron chi connectivity index (χ1n) is 9.87. The largest absolute Gasteiger partial charge is 0.485 e. The number of anilines is 1. The zero-order valence-corrected chi connectivity index (χ0v) is 17.4. The van der Waals surface area contributed by atoms with Gasteiger partial charge in [0.15, 0.2) is 0 Å². The highest BCUT2D eigenvalue weighted by atomic mass is 32.1. The van der Waals surface area contributed by atoms with Gasteiger partial charge >= 0.3 is 11.8 Å². The number of ether oxygens (including phenoxy) is 1. The van der Waals surface area contributed by atoms with Crippen molar-refractivity contribution >= 4 is 28.8 Å². The number of amides is 2. The summed E-state index contributed by atoms with van der Waals surface area (Å²) in [6.45, 7) is 2.45. The summed E-state index contributed by atoms with van der Waals surface area (Å²) in [5.74, 6) is -0.00966. The summed E-state index contributed by atoms with van der Waals surface area (Å²) in [4.78, 5) is 29.4. The number of rotatable bonds is 7. The Balaban J connectivity index is 1.41. The lowest BCUT2D eigenvalue weighted by molar-refractivity contribution is -0.136. The number of hydrogen-bond acceptors (Lipinski definition) is 5. The maximum Gasteiger partial charge on any atom is 0.313 e. The molecule has 1 fully saturated rings. The highest BCUT2D eigenvalue weighted by Crippen LogP contribution is 2.46. The molecule has 2 amide bonds. The lowest BCUT2D eigenvalue weighted by atomic mass is 10.0. The number of carbonyl (C=O) groups excluding carboxylic acids is 2. The van der Waals surface area contributed by atoms with E-state index in [0.717, 1.165) is 17.7 Å². The molecule has 6 nitrogen and oxygen atoms in total. The lowest BCUT2D eigenvalue weighted by Crippen LogP contribution is -2.38. The summed E-state index contributed by atoms with van der Waals surface area (Å²) in [6.07, 6.45) is 1.04. The summed E-state index contributed by atoms with van der Waals surface area (Å²) in [5, 5.41) is 7.49.